The Hall–Kier alpha value is -3.88. The first-order valence-corrected chi connectivity index (χ1v) is 11.5. The van der Waals surface area contributed by atoms with Crippen LogP contribution in [0.5, 0.6) is 5.75 Å². The van der Waals surface area contributed by atoms with E-state index in [0.29, 0.717) is 28.3 Å². The molecule has 9 heteroatoms. The summed E-state index contributed by atoms with van der Waals surface area (Å²) in [5.41, 5.74) is 0.738. The second-order valence-corrected chi connectivity index (χ2v) is 9.77. The summed E-state index contributed by atoms with van der Waals surface area (Å²) in [5, 5.41) is 7.07. The lowest BCUT2D eigenvalue weighted by Crippen LogP contribution is -2.28. The fourth-order valence-corrected chi connectivity index (χ4v) is 3.56. The second-order valence-electron chi connectivity index (χ2n) is 9.77. The number of carbonyl (C=O) groups is 1. The number of alkyl halides is 3. The topological polar surface area (TPSA) is 68.5 Å². The van der Waals surface area contributed by atoms with E-state index < -0.39 is 23.1 Å². The van der Waals surface area contributed by atoms with E-state index in [9.17, 15) is 18.0 Å². The number of fused-ring (bicyclic) bond motifs is 1. The minimum atomic E-state index is -4.63. The molecule has 2 aromatic heterocycles. The van der Waals surface area contributed by atoms with Crippen LogP contribution < -0.4 is 10.1 Å². The van der Waals surface area contributed by atoms with Crippen molar-refractivity contribution in [2.75, 3.05) is 5.32 Å². The molecular weight excluding hydrogens is 469 g/mol. The number of carbonyl (C=O) groups excluding carboxylic acids is 1. The van der Waals surface area contributed by atoms with Crippen LogP contribution in [0.4, 0.5) is 18.9 Å². The fourth-order valence-electron chi connectivity index (χ4n) is 3.56. The van der Waals surface area contributed by atoms with Crippen LogP contribution in [-0.4, -0.2) is 26.6 Å². The number of hydrogen-bond acceptors (Lipinski definition) is 4. The highest BCUT2D eigenvalue weighted by atomic mass is 19.4. The molecule has 0 saturated carbocycles. The molecule has 2 heterocycles. The lowest BCUT2D eigenvalue weighted by atomic mass is 9.95. The number of hydrogen-bond donors (Lipinski definition) is 1. The van der Waals surface area contributed by atoms with Crippen LogP contribution >= 0.6 is 0 Å². The van der Waals surface area contributed by atoms with Crippen LogP contribution in [0.3, 0.4) is 0 Å². The van der Waals surface area contributed by atoms with Gasteiger partial charge in [-0.05, 0) is 50.2 Å². The van der Waals surface area contributed by atoms with Gasteiger partial charge < -0.3 is 10.1 Å². The summed E-state index contributed by atoms with van der Waals surface area (Å²) in [5.74, 6) is 0.176. The molecule has 0 fully saturated rings. The maximum atomic E-state index is 13.6. The lowest BCUT2D eigenvalue weighted by molar-refractivity contribution is -0.137. The first kappa shape index (κ1) is 25.2. The van der Waals surface area contributed by atoms with Gasteiger partial charge in [-0.2, -0.15) is 18.3 Å². The van der Waals surface area contributed by atoms with Gasteiger partial charge in [-0.15, -0.1) is 0 Å². The zero-order valence-electron chi connectivity index (χ0n) is 20.6. The van der Waals surface area contributed by atoms with Gasteiger partial charge in [0.25, 0.3) is 0 Å². The van der Waals surface area contributed by atoms with Crippen molar-refractivity contribution in [2.45, 2.75) is 46.9 Å². The third-order valence-corrected chi connectivity index (χ3v) is 5.40. The molecule has 0 unspecified atom stereocenters. The van der Waals surface area contributed by atoms with Crippen molar-refractivity contribution in [3.63, 3.8) is 0 Å². The first-order valence-electron chi connectivity index (χ1n) is 11.5. The van der Waals surface area contributed by atoms with Gasteiger partial charge in [-0.3, -0.25) is 4.79 Å². The number of rotatable bonds is 5. The number of benzene rings is 2. The van der Waals surface area contributed by atoms with E-state index in [2.05, 4.69) is 15.4 Å². The van der Waals surface area contributed by atoms with Gasteiger partial charge >= 0.3 is 6.18 Å². The van der Waals surface area contributed by atoms with Gasteiger partial charge in [0, 0.05) is 16.5 Å². The monoisotopic (exact) mass is 496 g/mol. The van der Waals surface area contributed by atoms with Crippen molar-refractivity contribution < 1.29 is 22.7 Å². The Kier molecular flexibility index (Phi) is 6.51. The van der Waals surface area contributed by atoms with Crippen molar-refractivity contribution >= 4 is 17.2 Å². The van der Waals surface area contributed by atoms with E-state index in [-0.39, 0.29) is 11.8 Å². The Bertz CT molecular complexity index is 1420. The van der Waals surface area contributed by atoms with Gasteiger partial charge in [0.1, 0.15) is 5.75 Å². The molecule has 6 nitrogen and oxygen atoms in total. The van der Waals surface area contributed by atoms with E-state index in [4.69, 9.17) is 4.74 Å². The molecule has 0 aliphatic heterocycles. The quantitative estimate of drug-likeness (QED) is 0.328. The Morgan fingerprint density at radius 2 is 1.72 bits per heavy atom. The smallest absolute Gasteiger partial charge is 0.418 e. The Morgan fingerprint density at radius 3 is 2.39 bits per heavy atom. The predicted octanol–water partition coefficient (Wildman–Crippen LogP) is 6.85. The Labute approximate surface area is 207 Å². The molecule has 0 aliphatic carbocycles. The van der Waals surface area contributed by atoms with Gasteiger partial charge in [-0.1, -0.05) is 39.0 Å². The third-order valence-electron chi connectivity index (χ3n) is 5.40. The minimum absolute atomic E-state index is 0.0117. The van der Waals surface area contributed by atoms with Crippen LogP contribution in [0.1, 0.15) is 40.2 Å². The van der Waals surface area contributed by atoms with Crippen molar-refractivity contribution in [1.82, 2.24) is 14.6 Å². The molecule has 4 aromatic rings. The number of anilines is 1. The lowest BCUT2D eigenvalue weighted by Gasteiger charge is -2.20. The highest BCUT2D eigenvalue weighted by molar-refractivity contribution is 5.96. The summed E-state index contributed by atoms with van der Waals surface area (Å²) in [4.78, 5) is 17.0. The van der Waals surface area contributed by atoms with Crippen LogP contribution in [0.2, 0.25) is 0 Å². The first-order chi connectivity index (χ1) is 16.8. The molecule has 1 N–H and O–H groups in total. The van der Waals surface area contributed by atoms with E-state index in [1.54, 1.807) is 37.5 Å². The Balaban J connectivity index is 1.75. The summed E-state index contributed by atoms with van der Waals surface area (Å²) in [6.45, 7) is 8.79. The predicted molar refractivity (Wildman–Crippen MR) is 133 cm³/mol. The van der Waals surface area contributed by atoms with E-state index in [1.165, 1.54) is 12.1 Å². The van der Waals surface area contributed by atoms with Crippen molar-refractivity contribution in [2.24, 2.45) is 5.41 Å². The summed E-state index contributed by atoms with van der Waals surface area (Å²) in [6, 6.07) is 14.7. The molecule has 0 saturated heterocycles. The van der Waals surface area contributed by atoms with Gasteiger partial charge in [0.15, 0.2) is 5.65 Å². The van der Waals surface area contributed by atoms with Crippen LogP contribution in [0, 0.1) is 5.41 Å². The molecule has 1 amide bonds. The number of halogens is 3. The number of aromatic nitrogens is 3. The number of nitrogens with zero attached hydrogens (tertiary/aromatic N) is 3. The third kappa shape index (κ3) is 5.35. The van der Waals surface area contributed by atoms with E-state index in [0.717, 1.165) is 11.6 Å². The normalized spacial score (nSPS) is 12.2. The molecule has 188 valence electrons. The maximum absolute atomic E-state index is 13.6. The molecular formula is C27H27F3N4O2. The maximum Gasteiger partial charge on any atom is 0.418 e. The zero-order valence-corrected chi connectivity index (χ0v) is 20.6. The molecule has 2 aromatic carbocycles. The molecule has 0 atom stereocenters. The molecule has 0 aliphatic rings. The number of imidazole rings is 1. The standard InChI is InChI=1S/C27H27F3N4O2/c1-16(2)36-23-9-7-6-8-18(23)20-12-13-24-31-22(15-34(24)33-20)17-10-11-19(27(28,29)30)21(14-17)32-25(35)26(3,4)5/h6-16H,1-5H3,(H,32,35). The molecule has 0 bridgehead atoms. The number of para-hydroxylation sites is 1. The molecule has 36 heavy (non-hydrogen) atoms. The summed E-state index contributed by atoms with van der Waals surface area (Å²) < 4.78 is 48.3. The van der Waals surface area contributed by atoms with Crippen molar-refractivity contribution in [1.29, 1.82) is 0 Å². The number of ether oxygens (including phenoxy) is 1. The highest BCUT2D eigenvalue weighted by Gasteiger charge is 2.35. The van der Waals surface area contributed by atoms with Gasteiger partial charge in [0.05, 0.1) is 34.9 Å². The number of amides is 1. The minimum Gasteiger partial charge on any atom is -0.490 e. The van der Waals surface area contributed by atoms with Crippen LogP contribution in [-0.2, 0) is 11.0 Å². The Morgan fingerprint density at radius 1 is 1.00 bits per heavy atom. The van der Waals surface area contributed by atoms with Crippen molar-refractivity contribution in [3.05, 3.63) is 66.4 Å². The van der Waals surface area contributed by atoms with Crippen molar-refractivity contribution in [3.8, 4) is 28.3 Å². The van der Waals surface area contributed by atoms with E-state index in [1.807, 2.05) is 44.2 Å². The fraction of sp³-hybridized carbons (Fsp3) is 0.296. The van der Waals surface area contributed by atoms with E-state index >= 15 is 0 Å². The molecule has 0 radical (unpaired) electrons. The molecule has 4 rings (SSSR count). The summed E-state index contributed by atoms with van der Waals surface area (Å²) in [7, 11) is 0. The average Bonchev–Trinajstić information content (AvgIpc) is 3.21. The average molecular weight is 497 g/mol. The largest absolute Gasteiger partial charge is 0.490 e. The highest BCUT2D eigenvalue weighted by Crippen LogP contribution is 2.38. The van der Waals surface area contributed by atoms with Gasteiger partial charge in [-0.25, -0.2) is 9.50 Å². The molecule has 0 spiro atoms. The van der Waals surface area contributed by atoms with Crippen LogP contribution in [0.25, 0.3) is 28.2 Å². The van der Waals surface area contributed by atoms with Crippen LogP contribution in [0.15, 0.2) is 60.8 Å². The second kappa shape index (κ2) is 9.29. The zero-order chi connectivity index (χ0) is 26.3. The summed E-state index contributed by atoms with van der Waals surface area (Å²) in [6.07, 6.45) is -3.00. The SMILES string of the molecule is CC(C)Oc1ccccc1-c1ccc2nc(-c3ccc(C(F)(F)F)c(NC(=O)C(C)(C)C)c3)cn2n1. The number of nitrogens with one attached hydrogen (secondary N) is 1. The summed E-state index contributed by atoms with van der Waals surface area (Å²) >= 11 is 0. The van der Waals surface area contributed by atoms with Gasteiger partial charge in [0.2, 0.25) is 5.91 Å².